The van der Waals surface area contributed by atoms with Crippen molar-refractivity contribution in [2.45, 2.75) is 12.5 Å². The molecule has 1 fully saturated rings. The molecule has 3 aromatic heterocycles. The van der Waals surface area contributed by atoms with Gasteiger partial charge in [0.05, 0.1) is 11.2 Å². The second-order valence-electron chi connectivity index (χ2n) is 7.76. The summed E-state index contributed by atoms with van der Waals surface area (Å²) in [7, 11) is 4.22. The Morgan fingerprint density at radius 3 is 2.76 bits per heavy atom. The van der Waals surface area contributed by atoms with Gasteiger partial charge in [-0.3, -0.25) is 4.79 Å². The van der Waals surface area contributed by atoms with Crippen molar-refractivity contribution in [1.29, 1.82) is 0 Å². The maximum absolute atomic E-state index is 12.7. The van der Waals surface area contributed by atoms with E-state index in [9.17, 15) is 4.79 Å². The molecule has 1 aliphatic heterocycles. The SMILES string of the molecule is CN(C)C1CCN(c2ccc3nc(-c4c(N)c5ccccc5[nH]c4=O)[nH]c3n2)C1. The number of aromatic amines is 2. The first-order chi connectivity index (χ1) is 14.0. The second kappa shape index (κ2) is 6.59. The van der Waals surface area contributed by atoms with Gasteiger partial charge >= 0.3 is 0 Å². The number of nitrogens with one attached hydrogen (secondary N) is 2. The van der Waals surface area contributed by atoms with Gasteiger partial charge in [0.1, 0.15) is 22.7 Å². The van der Waals surface area contributed by atoms with Crippen molar-refractivity contribution >= 4 is 33.6 Å². The molecular weight excluding hydrogens is 366 g/mol. The lowest BCUT2D eigenvalue weighted by atomic mass is 10.1. The number of benzene rings is 1. The van der Waals surface area contributed by atoms with Crippen molar-refractivity contribution in [1.82, 2.24) is 24.8 Å². The van der Waals surface area contributed by atoms with Crippen LogP contribution in [-0.2, 0) is 0 Å². The summed E-state index contributed by atoms with van der Waals surface area (Å²) in [5.41, 5.74) is 8.89. The van der Waals surface area contributed by atoms with Crippen LogP contribution < -0.4 is 16.2 Å². The Morgan fingerprint density at radius 2 is 1.97 bits per heavy atom. The molecule has 1 saturated heterocycles. The summed E-state index contributed by atoms with van der Waals surface area (Å²) in [6.45, 7) is 1.92. The van der Waals surface area contributed by atoms with E-state index in [-0.39, 0.29) is 5.56 Å². The van der Waals surface area contributed by atoms with Crippen LogP contribution in [0.2, 0.25) is 0 Å². The van der Waals surface area contributed by atoms with Gasteiger partial charge in [-0.05, 0) is 38.7 Å². The summed E-state index contributed by atoms with van der Waals surface area (Å²) in [6.07, 6.45) is 1.12. The summed E-state index contributed by atoms with van der Waals surface area (Å²) in [5.74, 6) is 1.35. The number of likely N-dealkylation sites (N-methyl/N-ethyl adjacent to an activating group) is 1. The first-order valence-corrected chi connectivity index (χ1v) is 9.70. The fraction of sp³-hybridized carbons (Fsp3) is 0.286. The lowest BCUT2D eigenvalue weighted by Crippen LogP contribution is -2.31. The van der Waals surface area contributed by atoms with Gasteiger partial charge in [-0.2, -0.15) is 0 Å². The number of nitrogens with two attached hydrogens (primary N) is 1. The van der Waals surface area contributed by atoms with Gasteiger partial charge < -0.3 is 25.5 Å². The number of fused-ring (bicyclic) bond motifs is 2. The minimum atomic E-state index is -0.270. The Balaban J connectivity index is 1.56. The van der Waals surface area contributed by atoms with Crippen molar-refractivity contribution in [3.05, 3.63) is 46.8 Å². The highest BCUT2D eigenvalue weighted by molar-refractivity contribution is 5.97. The van der Waals surface area contributed by atoms with E-state index in [4.69, 9.17) is 10.7 Å². The van der Waals surface area contributed by atoms with Crippen LogP contribution in [0.4, 0.5) is 11.5 Å². The van der Waals surface area contributed by atoms with E-state index in [1.54, 1.807) is 0 Å². The molecule has 0 radical (unpaired) electrons. The summed E-state index contributed by atoms with van der Waals surface area (Å²) in [6, 6.07) is 11.9. The minimum absolute atomic E-state index is 0.270. The standard InChI is InChI=1S/C21H23N7O/c1-27(2)12-9-10-28(11-12)16-8-7-15-19(25-16)26-20(23-15)17-18(22)13-5-3-4-6-14(13)24-21(17)29/h3-8,12H,9-11H2,1-2H3,(H3,22,24,29)(H,23,25,26). The lowest BCUT2D eigenvalue weighted by Gasteiger charge is -2.20. The average Bonchev–Trinajstić information content (AvgIpc) is 3.34. The Bertz CT molecular complexity index is 1270. The molecule has 1 aromatic carbocycles. The zero-order chi connectivity index (χ0) is 20.1. The highest BCUT2D eigenvalue weighted by atomic mass is 16.1. The highest BCUT2D eigenvalue weighted by Gasteiger charge is 2.25. The molecule has 5 rings (SSSR count). The largest absolute Gasteiger partial charge is 0.397 e. The van der Waals surface area contributed by atoms with Crippen molar-refractivity contribution in [3.63, 3.8) is 0 Å². The van der Waals surface area contributed by atoms with E-state index in [1.165, 1.54) is 0 Å². The third-order valence-corrected chi connectivity index (χ3v) is 5.74. The van der Waals surface area contributed by atoms with E-state index in [1.807, 2.05) is 36.4 Å². The first kappa shape index (κ1) is 17.7. The van der Waals surface area contributed by atoms with Crippen molar-refractivity contribution in [2.75, 3.05) is 37.8 Å². The van der Waals surface area contributed by atoms with Crippen LogP contribution in [0.15, 0.2) is 41.2 Å². The van der Waals surface area contributed by atoms with Gasteiger partial charge in [-0.1, -0.05) is 18.2 Å². The molecule has 8 nitrogen and oxygen atoms in total. The number of nitrogens with zero attached hydrogens (tertiary/aromatic N) is 4. The van der Waals surface area contributed by atoms with Crippen LogP contribution in [-0.4, -0.2) is 58.1 Å². The molecule has 4 N–H and O–H groups in total. The topological polar surface area (TPSA) is 107 Å². The van der Waals surface area contributed by atoms with Gasteiger partial charge in [0.2, 0.25) is 0 Å². The number of para-hydroxylation sites is 1. The van der Waals surface area contributed by atoms with Gasteiger partial charge in [0, 0.05) is 24.5 Å². The van der Waals surface area contributed by atoms with Gasteiger partial charge in [0.15, 0.2) is 5.65 Å². The number of anilines is 2. The molecular formula is C21H23N7O. The molecule has 8 heteroatoms. The Labute approximate surface area is 167 Å². The quantitative estimate of drug-likeness (QED) is 0.496. The van der Waals surface area contributed by atoms with Crippen molar-refractivity contribution in [3.8, 4) is 11.4 Å². The molecule has 148 valence electrons. The number of hydrogen-bond donors (Lipinski definition) is 3. The monoisotopic (exact) mass is 389 g/mol. The number of pyridine rings is 2. The number of H-pyrrole nitrogens is 2. The van der Waals surface area contributed by atoms with Crippen molar-refractivity contribution in [2.24, 2.45) is 0 Å². The summed E-state index contributed by atoms with van der Waals surface area (Å²) >= 11 is 0. The fourth-order valence-corrected chi connectivity index (χ4v) is 4.05. The summed E-state index contributed by atoms with van der Waals surface area (Å²) in [4.78, 5) is 32.6. The van der Waals surface area contributed by atoms with E-state index < -0.39 is 0 Å². The molecule has 1 aliphatic rings. The van der Waals surface area contributed by atoms with E-state index in [2.05, 4.69) is 38.8 Å². The number of imidazole rings is 1. The fourth-order valence-electron chi connectivity index (χ4n) is 4.05. The van der Waals surface area contributed by atoms with Crippen LogP contribution >= 0.6 is 0 Å². The zero-order valence-corrected chi connectivity index (χ0v) is 16.4. The third-order valence-electron chi connectivity index (χ3n) is 5.74. The number of nitrogen functional groups attached to an aromatic ring is 1. The predicted molar refractivity (Wildman–Crippen MR) is 116 cm³/mol. The van der Waals surface area contributed by atoms with Gasteiger partial charge in [-0.15, -0.1) is 0 Å². The maximum atomic E-state index is 12.7. The van der Waals surface area contributed by atoms with Crippen molar-refractivity contribution < 1.29 is 0 Å². The Kier molecular flexibility index (Phi) is 4.02. The van der Waals surface area contributed by atoms with Crippen LogP contribution in [0.1, 0.15) is 6.42 Å². The molecule has 0 saturated carbocycles. The third kappa shape index (κ3) is 2.92. The van der Waals surface area contributed by atoms with Crippen LogP contribution in [0, 0.1) is 0 Å². The molecule has 0 bridgehead atoms. The summed E-state index contributed by atoms with van der Waals surface area (Å²) in [5, 5.41) is 0.794. The van der Waals surface area contributed by atoms with Gasteiger partial charge in [0.25, 0.3) is 5.56 Å². The number of rotatable bonds is 3. The first-order valence-electron chi connectivity index (χ1n) is 9.70. The second-order valence-corrected chi connectivity index (χ2v) is 7.76. The molecule has 0 spiro atoms. The highest BCUT2D eigenvalue weighted by Crippen LogP contribution is 2.29. The van der Waals surface area contributed by atoms with E-state index >= 15 is 0 Å². The van der Waals surface area contributed by atoms with E-state index in [0.29, 0.717) is 39.8 Å². The Morgan fingerprint density at radius 1 is 1.14 bits per heavy atom. The summed E-state index contributed by atoms with van der Waals surface area (Å²) < 4.78 is 0. The molecule has 29 heavy (non-hydrogen) atoms. The molecule has 1 atom stereocenters. The lowest BCUT2D eigenvalue weighted by molar-refractivity contribution is 0.315. The maximum Gasteiger partial charge on any atom is 0.261 e. The van der Waals surface area contributed by atoms with Crippen LogP contribution in [0.3, 0.4) is 0 Å². The molecule has 4 heterocycles. The average molecular weight is 389 g/mol. The number of hydrogen-bond acceptors (Lipinski definition) is 6. The molecule has 0 aliphatic carbocycles. The van der Waals surface area contributed by atoms with Crippen LogP contribution in [0.5, 0.6) is 0 Å². The smallest absolute Gasteiger partial charge is 0.261 e. The van der Waals surface area contributed by atoms with Crippen LogP contribution in [0.25, 0.3) is 33.5 Å². The number of aromatic nitrogens is 4. The normalized spacial score (nSPS) is 17.1. The molecule has 1 unspecified atom stereocenters. The predicted octanol–water partition coefficient (Wildman–Crippen LogP) is 2.19. The molecule has 0 amide bonds. The molecule has 4 aromatic rings. The van der Waals surface area contributed by atoms with Gasteiger partial charge in [-0.25, -0.2) is 9.97 Å². The van der Waals surface area contributed by atoms with E-state index in [0.717, 1.165) is 30.7 Å². The minimum Gasteiger partial charge on any atom is -0.397 e. The Hall–Kier alpha value is -3.39. The zero-order valence-electron chi connectivity index (χ0n) is 16.4.